The Morgan fingerprint density at radius 2 is 1.61 bits per heavy atom. The third-order valence-electron chi connectivity index (χ3n) is 7.91. The number of rotatable bonds is 10. The lowest BCUT2D eigenvalue weighted by Crippen LogP contribution is -2.43. The number of amides is 1. The van der Waals surface area contributed by atoms with Crippen LogP contribution in [0.1, 0.15) is 68.3 Å². The van der Waals surface area contributed by atoms with E-state index in [9.17, 15) is 4.79 Å². The number of piperazine rings is 1. The highest BCUT2D eigenvalue weighted by Crippen LogP contribution is 2.17. The molecule has 0 spiro atoms. The molecule has 0 unspecified atom stereocenters. The Morgan fingerprint density at radius 1 is 0.978 bits per heavy atom. The molecule has 9 heteroatoms. The molecule has 2 heterocycles. The van der Waals surface area contributed by atoms with E-state index >= 15 is 0 Å². The summed E-state index contributed by atoms with van der Waals surface area (Å²) in [6, 6.07) is 20.9. The van der Waals surface area contributed by atoms with Gasteiger partial charge >= 0.3 is 0 Å². The van der Waals surface area contributed by atoms with Crippen molar-refractivity contribution < 1.29 is 9.53 Å². The first-order valence-corrected chi connectivity index (χ1v) is 16.4. The zero-order valence-corrected chi connectivity index (χ0v) is 28.3. The van der Waals surface area contributed by atoms with Crippen molar-refractivity contribution in [2.45, 2.75) is 71.5 Å². The van der Waals surface area contributed by atoms with E-state index in [0.717, 1.165) is 49.5 Å². The van der Waals surface area contributed by atoms with Gasteiger partial charge in [0.05, 0.1) is 25.1 Å². The normalized spacial score (nSPS) is 14.7. The molecular weight excluding hydrogens is 574 g/mol. The molecule has 1 saturated heterocycles. The molecule has 2 aromatic carbocycles. The number of aromatic nitrogens is 2. The summed E-state index contributed by atoms with van der Waals surface area (Å²) in [6.45, 7) is 11.2. The Balaban J connectivity index is 0.000000246. The number of ether oxygens (including phenoxy) is 1. The Morgan fingerprint density at radius 3 is 2.20 bits per heavy atom. The van der Waals surface area contributed by atoms with Crippen LogP contribution in [0.15, 0.2) is 61.1 Å². The molecule has 1 saturated carbocycles. The van der Waals surface area contributed by atoms with E-state index < -0.39 is 0 Å². The highest BCUT2D eigenvalue weighted by Gasteiger charge is 2.13. The minimum atomic E-state index is 0.483. The van der Waals surface area contributed by atoms with Gasteiger partial charge in [0.15, 0.2) is 0 Å². The van der Waals surface area contributed by atoms with Crippen LogP contribution < -0.4 is 15.4 Å². The second-order valence-electron chi connectivity index (χ2n) is 11.2. The third-order valence-corrected chi connectivity index (χ3v) is 7.91. The molecule has 1 aliphatic carbocycles. The maximum atomic E-state index is 9.96. The fourth-order valence-electron chi connectivity index (χ4n) is 5.20. The van der Waals surface area contributed by atoms with Gasteiger partial charge in [0.25, 0.3) is 0 Å². The predicted octanol–water partition coefficient (Wildman–Crippen LogP) is 5.06. The van der Waals surface area contributed by atoms with Gasteiger partial charge < -0.3 is 24.8 Å². The largest absolute Gasteiger partial charge is 0.497 e. The summed E-state index contributed by atoms with van der Waals surface area (Å²) in [4.78, 5) is 19.0. The summed E-state index contributed by atoms with van der Waals surface area (Å²) in [6.07, 6.45) is 16.7. The van der Waals surface area contributed by atoms with Crippen molar-refractivity contribution in [3.63, 3.8) is 0 Å². The number of likely N-dealkylation sites (N-methyl/N-ethyl adjacent to an activating group) is 1. The van der Waals surface area contributed by atoms with Crippen molar-refractivity contribution in [2.75, 3.05) is 46.9 Å². The van der Waals surface area contributed by atoms with E-state index in [1.165, 1.54) is 63.8 Å². The molecule has 1 aliphatic heterocycles. The number of benzene rings is 2. The molecule has 2 fully saturated rings. The van der Waals surface area contributed by atoms with Gasteiger partial charge in [-0.15, -0.1) is 0 Å². The van der Waals surface area contributed by atoms with Gasteiger partial charge in [-0.05, 0) is 55.3 Å². The third kappa shape index (κ3) is 14.6. The van der Waals surface area contributed by atoms with Gasteiger partial charge in [-0.2, -0.15) is 5.26 Å². The topological polar surface area (TPSA) is 98.4 Å². The van der Waals surface area contributed by atoms with Crippen LogP contribution in [-0.4, -0.2) is 78.7 Å². The van der Waals surface area contributed by atoms with Gasteiger partial charge in [-0.25, -0.2) is 4.98 Å². The molecule has 1 aromatic heterocycles. The number of methoxy groups -OCH3 is 1. The molecule has 0 bridgehead atoms. The maximum absolute atomic E-state index is 9.96. The van der Waals surface area contributed by atoms with Gasteiger partial charge in [0.1, 0.15) is 5.75 Å². The number of hydrogen-bond acceptors (Lipinski definition) is 7. The molecule has 5 rings (SSSR count). The second-order valence-corrected chi connectivity index (χ2v) is 11.2. The Hall–Kier alpha value is -4.31. The smallest absolute Gasteiger partial charge is 0.207 e. The van der Waals surface area contributed by atoms with Crippen LogP contribution in [0.2, 0.25) is 0 Å². The van der Waals surface area contributed by atoms with Gasteiger partial charge in [-0.3, -0.25) is 9.69 Å². The summed E-state index contributed by atoms with van der Waals surface area (Å²) >= 11 is 0. The molecule has 46 heavy (non-hydrogen) atoms. The number of nitrogens with one attached hydrogen (secondary N) is 2. The molecular formula is C37H53N7O2. The number of hydrogen-bond donors (Lipinski definition) is 2. The Bertz CT molecular complexity index is 1300. The Kier molecular flexibility index (Phi) is 19.0. The number of carbonyl (C=O) groups is 1. The molecule has 9 nitrogen and oxygen atoms in total. The summed E-state index contributed by atoms with van der Waals surface area (Å²) in [5.74, 6) is 0.933. The van der Waals surface area contributed by atoms with Crippen LogP contribution in [0.5, 0.6) is 5.75 Å². The van der Waals surface area contributed by atoms with Crippen molar-refractivity contribution in [1.82, 2.24) is 30.0 Å². The standard InChI is InChI=1S/C15H14N4.C13H20N2O.C7H13NO.C2H6/c1-2-17-8-7-15-10-18-12-19(15)11-14-5-3-13(9-16)4-6-14;1-14-7-9-15(10-8-14)11-12-3-5-13(16-2)6-4-12;9-6-8-7-4-2-1-3-5-7;1-2/h1,3-6,10,12,17H,7-8,11H2;3-6H,7-11H2,1-2H3;6-7H,1-5H2,(H,8,9);1-2H3. The zero-order chi connectivity index (χ0) is 33.4. The van der Waals surface area contributed by atoms with Crippen LogP contribution >= 0.6 is 0 Å². The average molecular weight is 628 g/mol. The van der Waals surface area contributed by atoms with Gasteiger partial charge in [0.2, 0.25) is 6.41 Å². The first-order valence-electron chi connectivity index (χ1n) is 16.4. The number of nitriles is 1. The maximum Gasteiger partial charge on any atom is 0.207 e. The second kappa shape index (κ2) is 23.1. The SMILES string of the molecule is C#CNCCc1cncn1Cc1ccc(C#N)cc1.CC.COc1ccc(CN2CCN(C)CC2)cc1.O=CNC1CCCCC1. The van der Waals surface area contributed by atoms with Gasteiger partial charge in [0, 0.05) is 76.2 Å². The number of terminal acetylenes is 1. The van der Waals surface area contributed by atoms with Crippen LogP contribution in [0.3, 0.4) is 0 Å². The Labute approximate surface area is 277 Å². The van der Waals surface area contributed by atoms with Crippen LogP contribution in [0.4, 0.5) is 0 Å². The highest BCUT2D eigenvalue weighted by atomic mass is 16.5. The van der Waals surface area contributed by atoms with Crippen molar-refractivity contribution >= 4 is 6.41 Å². The van der Waals surface area contributed by atoms with Crippen molar-refractivity contribution in [3.8, 4) is 24.3 Å². The lowest BCUT2D eigenvalue weighted by molar-refractivity contribution is -0.110. The predicted molar refractivity (Wildman–Crippen MR) is 186 cm³/mol. The average Bonchev–Trinajstić information content (AvgIpc) is 3.55. The van der Waals surface area contributed by atoms with Crippen LogP contribution in [0.25, 0.3) is 0 Å². The highest BCUT2D eigenvalue weighted by molar-refractivity contribution is 5.46. The zero-order valence-electron chi connectivity index (χ0n) is 28.3. The van der Waals surface area contributed by atoms with Crippen LogP contribution in [0, 0.1) is 23.8 Å². The van der Waals surface area contributed by atoms with Crippen molar-refractivity contribution in [1.29, 1.82) is 5.26 Å². The van der Waals surface area contributed by atoms with E-state index in [1.807, 2.05) is 62.8 Å². The fraction of sp³-hybridized carbons (Fsp3) is 0.486. The van der Waals surface area contributed by atoms with E-state index in [2.05, 4.69) is 61.3 Å². The van der Waals surface area contributed by atoms with E-state index in [4.69, 9.17) is 16.4 Å². The minimum absolute atomic E-state index is 0.483. The first kappa shape index (κ1) is 37.9. The number of imidazole rings is 1. The molecule has 2 aliphatic rings. The summed E-state index contributed by atoms with van der Waals surface area (Å²) in [5, 5.41) is 14.4. The molecule has 0 radical (unpaired) electrons. The molecule has 2 N–H and O–H groups in total. The van der Waals surface area contributed by atoms with Crippen LogP contribution in [-0.2, 0) is 24.3 Å². The molecule has 248 valence electrons. The first-order chi connectivity index (χ1) is 22.5. The summed E-state index contributed by atoms with van der Waals surface area (Å²) < 4.78 is 7.24. The number of carbonyl (C=O) groups excluding carboxylic acids is 1. The lowest BCUT2D eigenvalue weighted by atomic mass is 9.96. The van der Waals surface area contributed by atoms with E-state index in [0.29, 0.717) is 11.6 Å². The van der Waals surface area contributed by atoms with E-state index in [-0.39, 0.29) is 0 Å². The molecule has 3 aromatic rings. The monoisotopic (exact) mass is 627 g/mol. The van der Waals surface area contributed by atoms with Gasteiger partial charge in [-0.1, -0.05) is 63.8 Å². The summed E-state index contributed by atoms with van der Waals surface area (Å²) in [5.41, 5.74) is 4.31. The fourth-order valence-corrected chi connectivity index (χ4v) is 5.20. The number of nitrogens with zero attached hydrogens (tertiary/aromatic N) is 5. The van der Waals surface area contributed by atoms with Crippen molar-refractivity contribution in [2.24, 2.45) is 0 Å². The molecule has 0 atom stereocenters. The summed E-state index contributed by atoms with van der Waals surface area (Å²) in [7, 11) is 3.89. The minimum Gasteiger partial charge on any atom is -0.497 e. The quantitative estimate of drug-likeness (QED) is 0.140. The van der Waals surface area contributed by atoms with Crippen molar-refractivity contribution in [3.05, 3.63) is 83.4 Å². The van der Waals surface area contributed by atoms with E-state index in [1.54, 1.807) is 7.11 Å². The lowest BCUT2D eigenvalue weighted by Gasteiger charge is -2.32. The molecule has 1 amide bonds.